The minimum atomic E-state index is -0.375. The number of rotatable bonds is 4. The molecule has 2 bridgehead atoms. The molecule has 2 atom stereocenters. The summed E-state index contributed by atoms with van der Waals surface area (Å²) >= 11 is 0. The number of carbonyl (C=O) groups is 1. The summed E-state index contributed by atoms with van der Waals surface area (Å²) in [6, 6.07) is 6.40. The topological polar surface area (TPSA) is 107 Å². The van der Waals surface area contributed by atoms with Crippen molar-refractivity contribution in [1.82, 2.24) is 29.3 Å². The molecular weight excluding hydrogens is 524 g/mol. The second-order valence-corrected chi connectivity index (χ2v) is 10.4. The van der Waals surface area contributed by atoms with Crippen LogP contribution in [-0.2, 0) is 32.6 Å². The highest BCUT2D eigenvalue weighted by Crippen LogP contribution is 2.36. The molecule has 1 aromatic carbocycles. The average Bonchev–Trinajstić information content (AvgIpc) is 3.62. The molecule has 5 heterocycles. The predicted octanol–water partition coefficient (Wildman–Crippen LogP) is 4.84. The first kappa shape index (κ1) is 27.2. The third-order valence-electron chi connectivity index (χ3n) is 7.65. The van der Waals surface area contributed by atoms with Crippen LogP contribution in [0.15, 0.2) is 24.4 Å². The van der Waals surface area contributed by atoms with E-state index in [1.807, 2.05) is 48.6 Å². The number of benzene rings is 1. The fraction of sp³-hybridized carbons (Fsp3) is 0.467. The van der Waals surface area contributed by atoms with Crippen LogP contribution in [0.1, 0.15) is 68.1 Å². The van der Waals surface area contributed by atoms with Crippen LogP contribution in [0, 0.1) is 6.92 Å². The Bertz CT molecular complexity index is 1590. The molecule has 3 aromatic heterocycles. The summed E-state index contributed by atoms with van der Waals surface area (Å²) in [5, 5.41) is 15.2. The third-order valence-corrected chi connectivity index (χ3v) is 7.65. The molecule has 0 aliphatic carbocycles. The lowest BCUT2D eigenvalue weighted by molar-refractivity contribution is -0.144. The van der Waals surface area contributed by atoms with Crippen LogP contribution in [0.5, 0.6) is 5.88 Å². The van der Waals surface area contributed by atoms with Crippen LogP contribution in [0.3, 0.4) is 0 Å². The molecule has 2 aliphatic rings. The fourth-order valence-electron chi connectivity index (χ4n) is 5.70. The zero-order valence-corrected chi connectivity index (χ0v) is 24.0. The van der Waals surface area contributed by atoms with Crippen molar-refractivity contribution in [3.8, 4) is 17.0 Å². The lowest BCUT2D eigenvalue weighted by Gasteiger charge is -2.23. The molecule has 0 spiro atoms. The maximum absolute atomic E-state index is 12.3. The molecular formula is C30H36N6O5. The van der Waals surface area contributed by atoms with Crippen molar-refractivity contribution in [2.24, 2.45) is 7.05 Å². The predicted molar refractivity (Wildman–Crippen MR) is 153 cm³/mol. The van der Waals surface area contributed by atoms with Crippen LogP contribution in [0.4, 0.5) is 0 Å². The van der Waals surface area contributed by atoms with E-state index in [1.165, 1.54) is 0 Å². The summed E-state index contributed by atoms with van der Waals surface area (Å²) in [6.45, 7) is 7.29. The first-order chi connectivity index (χ1) is 19.9. The largest absolute Gasteiger partial charge is 0.475 e. The number of carbonyl (C=O) groups excluding carboxylic acids is 1. The van der Waals surface area contributed by atoms with Gasteiger partial charge in [-0.05, 0) is 69.9 Å². The standard InChI is InChI=1S/C30H36N6O5/c1-5-38-28(37)18-35-30-22(19(2)32-35)10-11-25-23-16-21(9-12-26(23)36(33-25)27-8-6-7-13-40-27)24-17-31-34(4)29(24)20(3)39-14-15-41-30/h9-12,16-17,20,27H,5-8,13-15,18H2,1-4H3/b11-10+. The monoisotopic (exact) mass is 560 g/mol. The molecule has 4 aromatic rings. The molecule has 0 amide bonds. The van der Waals surface area contributed by atoms with Crippen LogP contribution in [-0.4, -0.2) is 61.7 Å². The molecule has 6 rings (SSSR count). The second-order valence-electron chi connectivity index (χ2n) is 10.4. The summed E-state index contributed by atoms with van der Waals surface area (Å²) in [4.78, 5) is 12.3. The van der Waals surface area contributed by atoms with Crippen molar-refractivity contribution in [3.05, 3.63) is 47.0 Å². The molecule has 0 saturated carbocycles. The van der Waals surface area contributed by atoms with E-state index in [1.54, 1.807) is 11.6 Å². The summed E-state index contributed by atoms with van der Waals surface area (Å²) in [7, 11) is 1.93. The molecule has 11 heteroatoms. The summed E-state index contributed by atoms with van der Waals surface area (Å²) < 4.78 is 29.1. The zero-order valence-electron chi connectivity index (χ0n) is 24.0. The number of hydrogen-bond donors (Lipinski definition) is 0. The highest BCUT2D eigenvalue weighted by molar-refractivity contribution is 5.93. The molecule has 2 aliphatic heterocycles. The molecule has 2 unspecified atom stereocenters. The van der Waals surface area contributed by atoms with Gasteiger partial charge in [0.25, 0.3) is 0 Å². The Hall–Kier alpha value is -3.96. The molecule has 0 radical (unpaired) electrons. The Morgan fingerprint density at radius 2 is 2.00 bits per heavy atom. The Labute approximate surface area is 238 Å². The van der Waals surface area contributed by atoms with E-state index in [4.69, 9.17) is 24.0 Å². The van der Waals surface area contributed by atoms with Gasteiger partial charge in [0.15, 0.2) is 6.23 Å². The SMILES string of the molecule is CCOC(=O)Cn1nc(C)c2c1OCCOC(C)c1c(cnn1C)-c1ccc3c(c1)c(nn3C1CCCCO1)/C=C/2. The van der Waals surface area contributed by atoms with Gasteiger partial charge in [-0.15, -0.1) is 0 Å². The molecule has 0 N–H and O–H groups in total. The van der Waals surface area contributed by atoms with E-state index >= 15 is 0 Å². The van der Waals surface area contributed by atoms with E-state index in [9.17, 15) is 4.79 Å². The molecule has 1 saturated heterocycles. The summed E-state index contributed by atoms with van der Waals surface area (Å²) in [6.07, 6.45) is 8.57. The Morgan fingerprint density at radius 3 is 2.80 bits per heavy atom. The summed E-state index contributed by atoms with van der Waals surface area (Å²) in [5.74, 6) is 0.110. The minimum Gasteiger partial charge on any atom is -0.475 e. The van der Waals surface area contributed by atoms with Crippen LogP contribution in [0.25, 0.3) is 34.2 Å². The lowest BCUT2D eigenvalue weighted by atomic mass is 10.0. The van der Waals surface area contributed by atoms with E-state index in [0.717, 1.165) is 70.5 Å². The Balaban J connectivity index is 1.50. The zero-order chi connectivity index (χ0) is 28.5. The number of hydrogen-bond acceptors (Lipinski definition) is 8. The van der Waals surface area contributed by atoms with Crippen molar-refractivity contribution < 1.29 is 23.7 Å². The van der Waals surface area contributed by atoms with Gasteiger partial charge in [-0.3, -0.25) is 9.48 Å². The molecule has 1 fully saturated rings. The highest BCUT2D eigenvalue weighted by Gasteiger charge is 2.24. The van der Waals surface area contributed by atoms with Gasteiger partial charge in [-0.1, -0.05) is 6.07 Å². The van der Waals surface area contributed by atoms with E-state index in [0.29, 0.717) is 19.1 Å². The smallest absolute Gasteiger partial charge is 0.327 e. The highest BCUT2D eigenvalue weighted by atomic mass is 16.5. The lowest BCUT2D eigenvalue weighted by Crippen LogP contribution is -2.19. The van der Waals surface area contributed by atoms with Gasteiger partial charge < -0.3 is 18.9 Å². The molecule has 41 heavy (non-hydrogen) atoms. The van der Waals surface area contributed by atoms with Crippen molar-refractivity contribution in [1.29, 1.82) is 0 Å². The quantitative estimate of drug-likeness (QED) is 0.326. The average molecular weight is 561 g/mol. The fourth-order valence-corrected chi connectivity index (χ4v) is 5.70. The maximum atomic E-state index is 12.3. The maximum Gasteiger partial charge on any atom is 0.327 e. The van der Waals surface area contributed by atoms with Gasteiger partial charge in [-0.2, -0.15) is 15.3 Å². The number of esters is 1. The third kappa shape index (κ3) is 5.27. The van der Waals surface area contributed by atoms with Gasteiger partial charge in [0.1, 0.15) is 13.2 Å². The Kier molecular flexibility index (Phi) is 7.63. The number of aromatic nitrogens is 6. The van der Waals surface area contributed by atoms with Crippen molar-refractivity contribution in [3.63, 3.8) is 0 Å². The van der Waals surface area contributed by atoms with Crippen molar-refractivity contribution in [2.45, 2.75) is 58.9 Å². The Morgan fingerprint density at radius 1 is 1.12 bits per heavy atom. The number of ether oxygens (including phenoxy) is 4. The number of fused-ring (bicyclic) bond motifs is 4. The first-order valence-electron chi connectivity index (χ1n) is 14.3. The minimum absolute atomic E-state index is 0.0482. The van der Waals surface area contributed by atoms with Crippen LogP contribution in [0.2, 0.25) is 0 Å². The van der Waals surface area contributed by atoms with E-state index < -0.39 is 0 Å². The molecule has 11 nitrogen and oxygen atoms in total. The number of nitrogens with zero attached hydrogens (tertiary/aromatic N) is 6. The van der Waals surface area contributed by atoms with Gasteiger partial charge in [0.05, 0.1) is 53.7 Å². The van der Waals surface area contributed by atoms with E-state index in [-0.39, 0.29) is 31.5 Å². The van der Waals surface area contributed by atoms with Crippen molar-refractivity contribution >= 4 is 29.0 Å². The van der Waals surface area contributed by atoms with Crippen molar-refractivity contribution in [2.75, 3.05) is 26.4 Å². The summed E-state index contributed by atoms with van der Waals surface area (Å²) in [5.41, 5.74) is 6.35. The number of aryl methyl sites for hydroxylation is 2. The van der Waals surface area contributed by atoms with Gasteiger partial charge >= 0.3 is 5.97 Å². The second kappa shape index (κ2) is 11.5. The van der Waals surface area contributed by atoms with Crippen LogP contribution < -0.4 is 4.74 Å². The van der Waals surface area contributed by atoms with Crippen LogP contribution >= 0.6 is 0 Å². The normalized spacial score (nSPS) is 20.1. The van der Waals surface area contributed by atoms with Gasteiger partial charge in [0, 0.05) is 24.6 Å². The van der Waals surface area contributed by atoms with Gasteiger partial charge in [0.2, 0.25) is 5.88 Å². The van der Waals surface area contributed by atoms with E-state index in [2.05, 4.69) is 28.4 Å². The first-order valence-corrected chi connectivity index (χ1v) is 14.3. The molecule has 216 valence electrons. The van der Waals surface area contributed by atoms with Gasteiger partial charge in [-0.25, -0.2) is 9.36 Å².